The molecule has 10 heteroatoms. The predicted octanol–water partition coefficient (Wildman–Crippen LogP) is 3.40. The van der Waals surface area contributed by atoms with Crippen molar-refractivity contribution >= 4 is 17.7 Å². The smallest absolute Gasteiger partial charge is 0.407 e. The summed E-state index contributed by atoms with van der Waals surface area (Å²) in [6.45, 7) is 4.97. The summed E-state index contributed by atoms with van der Waals surface area (Å²) in [5.41, 5.74) is 0.0590. The van der Waals surface area contributed by atoms with Crippen LogP contribution in [0.15, 0.2) is 54.6 Å². The molecule has 230 valence electrons. The molecule has 10 nitrogen and oxygen atoms in total. The summed E-state index contributed by atoms with van der Waals surface area (Å²) >= 11 is 0. The third-order valence-corrected chi connectivity index (χ3v) is 10.3. The van der Waals surface area contributed by atoms with Crippen molar-refractivity contribution in [3.63, 3.8) is 0 Å². The fraction of sp³-hybridized carbons (Fsp3) is 0.515. The highest BCUT2D eigenvalue weighted by atomic mass is 16.6. The maximum atomic E-state index is 13.1. The quantitative estimate of drug-likeness (QED) is 0.353. The zero-order valence-electron chi connectivity index (χ0n) is 25.5. The van der Waals surface area contributed by atoms with Gasteiger partial charge < -0.3 is 34.3 Å². The number of esters is 1. The van der Waals surface area contributed by atoms with E-state index in [1.165, 1.54) is 6.92 Å². The molecule has 3 aliphatic heterocycles. The van der Waals surface area contributed by atoms with Gasteiger partial charge in [0.05, 0.1) is 26.8 Å². The first kappa shape index (κ1) is 29.3. The van der Waals surface area contributed by atoms with E-state index in [9.17, 15) is 14.7 Å². The molecular formula is C33H41N3O7. The SMILES string of the molecule is CC[C@]12C=CCN3CC[C@@]4(c5ccc(OC)cc5N(C)[C@H]4[C@@](O)(CNC(=O)OCc4ccc(OC)cc4)[C@@H]1OC(C)=O)[C@@H]32. The number of rotatable bonds is 8. The van der Waals surface area contributed by atoms with Crippen LogP contribution in [0.4, 0.5) is 10.5 Å². The second-order valence-electron chi connectivity index (χ2n) is 12.2. The minimum absolute atomic E-state index is 0.0243. The number of nitrogens with zero attached hydrogens (tertiary/aromatic N) is 2. The molecule has 2 aromatic rings. The van der Waals surface area contributed by atoms with E-state index in [-0.39, 0.29) is 19.2 Å². The Morgan fingerprint density at radius 2 is 1.79 bits per heavy atom. The number of carbonyl (C=O) groups excluding carboxylic acids is 2. The fourth-order valence-electron chi connectivity index (χ4n) is 8.78. The maximum Gasteiger partial charge on any atom is 0.407 e. The van der Waals surface area contributed by atoms with Crippen molar-refractivity contribution in [1.29, 1.82) is 0 Å². The Kier molecular flexibility index (Phi) is 7.33. The number of methoxy groups -OCH3 is 2. The second-order valence-corrected chi connectivity index (χ2v) is 12.2. The molecule has 0 bridgehead atoms. The topological polar surface area (TPSA) is 110 Å². The molecule has 3 heterocycles. The number of ether oxygens (including phenoxy) is 4. The van der Waals surface area contributed by atoms with Crippen LogP contribution in [-0.4, -0.2) is 86.8 Å². The standard InChI is InChI=1S/C33H41N3O7/c1-6-31-14-7-16-36-17-15-32(27(31)36)25-13-12-24(41-5)18-26(25)35(3)28(32)33(39,29(31)43-21(2)37)20-34-30(38)42-19-22-8-10-23(40-4)11-9-22/h7-14,18,27-29,39H,6,15-17,19-20H2,1-5H3,(H,34,38)/t27-,28+,29+,31+,32+,33-/m0/s1. The lowest BCUT2D eigenvalue weighted by Gasteiger charge is -2.64. The van der Waals surface area contributed by atoms with Crippen molar-refractivity contribution in [2.75, 3.05) is 45.8 Å². The minimum atomic E-state index is -1.67. The number of aliphatic hydroxyl groups is 1. The third-order valence-electron chi connectivity index (χ3n) is 10.3. The van der Waals surface area contributed by atoms with Gasteiger partial charge in [-0.15, -0.1) is 0 Å². The van der Waals surface area contributed by atoms with E-state index < -0.39 is 40.6 Å². The molecule has 0 unspecified atom stereocenters. The highest BCUT2D eigenvalue weighted by Gasteiger charge is 2.77. The number of anilines is 1. The van der Waals surface area contributed by atoms with Crippen LogP contribution in [0, 0.1) is 5.41 Å². The number of benzene rings is 2. The Morgan fingerprint density at radius 1 is 1.07 bits per heavy atom. The van der Waals surface area contributed by atoms with E-state index in [2.05, 4.69) is 40.3 Å². The molecule has 1 saturated heterocycles. The van der Waals surface area contributed by atoms with Gasteiger partial charge in [0.25, 0.3) is 0 Å². The Hall–Kier alpha value is -3.76. The van der Waals surface area contributed by atoms with Crippen LogP contribution in [0.3, 0.4) is 0 Å². The molecule has 2 N–H and O–H groups in total. The lowest BCUT2D eigenvalue weighted by molar-refractivity contribution is -0.217. The zero-order chi connectivity index (χ0) is 30.6. The van der Waals surface area contributed by atoms with Gasteiger partial charge in [0.15, 0.2) is 0 Å². The summed E-state index contributed by atoms with van der Waals surface area (Å²) in [6, 6.07) is 12.8. The molecule has 6 rings (SSSR count). The number of nitrogens with one attached hydrogen (secondary N) is 1. The van der Waals surface area contributed by atoms with Crippen molar-refractivity contribution in [2.45, 2.75) is 62.5 Å². The van der Waals surface area contributed by atoms with E-state index in [0.717, 1.165) is 42.1 Å². The van der Waals surface area contributed by atoms with Gasteiger partial charge in [-0.05, 0) is 48.7 Å². The molecule has 2 aromatic carbocycles. The largest absolute Gasteiger partial charge is 0.497 e. The van der Waals surface area contributed by atoms with Crippen LogP contribution < -0.4 is 19.7 Å². The molecule has 1 aliphatic carbocycles. The zero-order valence-corrected chi connectivity index (χ0v) is 25.5. The first-order valence-electron chi connectivity index (χ1n) is 14.9. The first-order valence-corrected chi connectivity index (χ1v) is 14.9. The molecule has 4 aliphatic rings. The second kappa shape index (κ2) is 10.7. The average Bonchev–Trinajstić information content (AvgIpc) is 3.53. The van der Waals surface area contributed by atoms with Crippen molar-refractivity contribution in [3.8, 4) is 11.5 Å². The Morgan fingerprint density at radius 3 is 2.47 bits per heavy atom. The van der Waals surface area contributed by atoms with E-state index >= 15 is 0 Å². The van der Waals surface area contributed by atoms with Crippen LogP contribution >= 0.6 is 0 Å². The van der Waals surface area contributed by atoms with Crippen molar-refractivity contribution in [2.24, 2.45) is 5.41 Å². The van der Waals surface area contributed by atoms with Crippen LogP contribution in [0.5, 0.6) is 11.5 Å². The third kappa shape index (κ3) is 4.29. The van der Waals surface area contributed by atoms with Crippen LogP contribution in [0.2, 0.25) is 0 Å². The van der Waals surface area contributed by atoms with Gasteiger partial charge in [-0.3, -0.25) is 9.69 Å². The summed E-state index contributed by atoms with van der Waals surface area (Å²) in [4.78, 5) is 30.4. The first-order chi connectivity index (χ1) is 20.6. The molecule has 0 aromatic heterocycles. The van der Waals surface area contributed by atoms with Crippen molar-refractivity contribution < 1.29 is 33.6 Å². The van der Waals surface area contributed by atoms with E-state index in [1.54, 1.807) is 26.4 Å². The molecule has 1 amide bonds. The highest BCUT2D eigenvalue weighted by molar-refractivity contribution is 5.72. The van der Waals surface area contributed by atoms with Crippen LogP contribution in [0.1, 0.15) is 37.8 Å². The number of amides is 1. The molecule has 0 radical (unpaired) electrons. The van der Waals surface area contributed by atoms with Gasteiger partial charge in [-0.1, -0.05) is 37.3 Å². The monoisotopic (exact) mass is 591 g/mol. The van der Waals surface area contributed by atoms with Gasteiger partial charge in [-0.2, -0.15) is 0 Å². The Labute approximate surface area is 252 Å². The van der Waals surface area contributed by atoms with E-state index in [1.807, 2.05) is 31.3 Å². The number of alkyl carbamates (subject to hydrolysis) is 1. The van der Waals surface area contributed by atoms with Crippen molar-refractivity contribution in [1.82, 2.24) is 10.2 Å². The highest BCUT2D eigenvalue weighted by Crippen LogP contribution is 2.67. The summed E-state index contributed by atoms with van der Waals surface area (Å²) in [6.07, 6.45) is 4.13. The summed E-state index contributed by atoms with van der Waals surface area (Å²) in [5, 5.41) is 15.9. The molecule has 1 spiro atoms. The lowest BCUT2D eigenvalue weighted by Crippen LogP contribution is -2.81. The molecule has 1 saturated carbocycles. The average molecular weight is 592 g/mol. The number of hydrogen-bond acceptors (Lipinski definition) is 9. The van der Waals surface area contributed by atoms with E-state index in [0.29, 0.717) is 12.2 Å². The summed E-state index contributed by atoms with van der Waals surface area (Å²) < 4.78 is 22.5. The Balaban J connectivity index is 1.40. The molecule has 2 fully saturated rings. The Bertz CT molecular complexity index is 1430. The van der Waals surface area contributed by atoms with Gasteiger partial charge in [0.2, 0.25) is 0 Å². The van der Waals surface area contributed by atoms with Gasteiger partial charge in [0, 0.05) is 49.1 Å². The predicted molar refractivity (Wildman–Crippen MR) is 160 cm³/mol. The normalized spacial score (nSPS) is 32.0. The van der Waals surface area contributed by atoms with Gasteiger partial charge >= 0.3 is 12.1 Å². The van der Waals surface area contributed by atoms with Crippen molar-refractivity contribution in [3.05, 3.63) is 65.7 Å². The van der Waals surface area contributed by atoms with Gasteiger partial charge in [-0.25, -0.2) is 4.79 Å². The fourth-order valence-corrected chi connectivity index (χ4v) is 8.78. The van der Waals surface area contributed by atoms with Crippen LogP contribution in [-0.2, 0) is 26.3 Å². The number of hydrogen-bond donors (Lipinski definition) is 2. The van der Waals surface area contributed by atoms with Crippen LogP contribution in [0.25, 0.3) is 0 Å². The maximum absolute atomic E-state index is 13.1. The number of likely N-dealkylation sites (N-methyl/N-ethyl adjacent to an activating group) is 1. The summed E-state index contributed by atoms with van der Waals surface area (Å²) in [5.74, 6) is 0.957. The lowest BCUT2D eigenvalue weighted by atomic mass is 9.47. The molecular weight excluding hydrogens is 550 g/mol. The van der Waals surface area contributed by atoms with Gasteiger partial charge in [0.1, 0.15) is 29.8 Å². The van der Waals surface area contributed by atoms with E-state index in [4.69, 9.17) is 18.9 Å². The minimum Gasteiger partial charge on any atom is -0.497 e. The number of carbonyl (C=O) groups is 2. The number of fused-ring (bicyclic) bond motifs is 1. The molecule has 6 atom stereocenters. The summed E-state index contributed by atoms with van der Waals surface area (Å²) in [7, 11) is 5.20. The molecule has 43 heavy (non-hydrogen) atoms.